The number of primary amides is 2. The summed E-state index contributed by atoms with van der Waals surface area (Å²) in [6.07, 6.45) is 14.8. The Morgan fingerprint density at radius 2 is 0.911 bits per heavy atom. The van der Waals surface area contributed by atoms with E-state index < -0.39 is 35.8 Å². The predicted octanol–water partition coefficient (Wildman–Crippen LogP) is 18.3. The van der Waals surface area contributed by atoms with Gasteiger partial charge in [0.05, 0.1) is 96.1 Å². The third kappa shape index (κ3) is 20.1. The average molecular weight is 1720 g/mol. The molecular weight excluding hydrogens is 1620 g/mol. The molecule has 0 spiro atoms. The van der Waals surface area contributed by atoms with Crippen LogP contribution in [0, 0.1) is 39.7 Å². The van der Waals surface area contributed by atoms with Crippen LogP contribution in [-0.4, -0.2) is 186 Å². The smallest absolute Gasteiger partial charge is 0.283 e. The summed E-state index contributed by atoms with van der Waals surface area (Å²) in [6, 6.07) is 45.2. The van der Waals surface area contributed by atoms with Gasteiger partial charge in [0.15, 0.2) is 34.5 Å². The number of likely N-dealkylation sites (tertiary alicyclic amines) is 4. The van der Waals surface area contributed by atoms with E-state index in [4.69, 9.17) is 52.6 Å². The molecule has 1 unspecified atom stereocenters. The molecule has 5 aliphatic rings. The molecule has 642 valence electrons. The highest BCUT2D eigenvalue weighted by Gasteiger charge is 2.38. The quantitative estimate of drug-likeness (QED) is 0.0376. The maximum Gasteiger partial charge on any atom is 0.283 e. The van der Waals surface area contributed by atoms with Crippen molar-refractivity contribution in [3.05, 3.63) is 259 Å². The zero-order chi connectivity index (χ0) is 87.6. The molecule has 0 radical (unpaired) electrons. The minimum atomic E-state index is -3.50. The lowest BCUT2D eigenvalue weighted by Crippen LogP contribution is -2.39. The van der Waals surface area contributed by atoms with E-state index >= 15 is 0 Å². The zero-order valence-corrected chi connectivity index (χ0v) is 71.6. The van der Waals surface area contributed by atoms with Gasteiger partial charge in [-0.2, -0.15) is 0 Å². The zero-order valence-electron chi connectivity index (χ0n) is 70.1. The van der Waals surface area contributed by atoms with Crippen molar-refractivity contribution in [1.29, 1.82) is 0 Å². The standard InChI is InChI=1S/C26H29N5O3.C25H25F2N5O2.C24H25ClN2O.C22H22ClFN2O2/c1-17-24(22(32)16-30-11-5-4-6-12-30)25-21(31(17)20-9-7-19(28-2)8-10-20)13-18(15-29-25)14-23(34-3)26(27)33;1-16-23(21(33)15-31-10-4-3-5-11-31)24-20(32(16)19-8-6-18(29-2)7-9-19)12-17(14-30-24)25(26,27)13-22(28)34;25-18-10-12-19(13-11-18)27-21-7-3-2-6-20(21)23(24(27)17-8-9-17)22(28)16-26-14-4-1-5-15-26;1-14-22(21(28)13-25-10-8-18(27)9-11-25)19-7-4-16(24)12-20(19)26(14)17-5-2-15(23)3-6-17/h7-10,13,15,23H,4-6,11-12,14,16H2,1,3H3,(H2,27,33);6-9,12,14H,3-5,10-11,13,15H2,1H3,(H2,28,34);2-3,6-7,10-13,17H,1,4-5,8-9,14-16H2;2-7,12,18,27H,8-11,13H2,1H3. The Morgan fingerprint density at radius 3 is 1.37 bits per heavy atom. The Morgan fingerprint density at radius 1 is 0.500 bits per heavy atom. The number of Topliss-reactive ketones (excluding diaryl/α,β-unsaturated/α-hetero) is 4. The van der Waals surface area contributed by atoms with Crippen molar-refractivity contribution in [1.82, 2.24) is 47.8 Å². The maximum absolute atomic E-state index is 14.7. The lowest BCUT2D eigenvalue weighted by molar-refractivity contribution is -0.128. The Hall–Kier alpha value is -11.5. The highest BCUT2D eigenvalue weighted by atomic mass is 35.5. The van der Waals surface area contributed by atoms with E-state index in [9.17, 15) is 47.0 Å². The van der Waals surface area contributed by atoms with Crippen LogP contribution in [0.3, 0.4) is 0 Å². The summed E-state index contributed by atoms with van der Waals surface area (Å²) in [7, 11) is 1.45. The van der Waals surface area contributed by atoms with Crippen LogP contribution in [0.4, 0.5) is 24.5 Å². The predicted molar refractivity (Wildman–Crippen MR) is 479 cm³/mol. The van der Waals surface area contributed by atoms with Gasteiger partial charge in [-0.15, -0.1) is 0 Å². The molecule has 6 aromatic heterocycles. The first-order valence-corrected chi connectivity index (χ1v) is 43.2. The number of carbonyl (C=O) groups excluding carboxylic acids is 6. The van der Waals surface area contributed by atoms with E-state index in [1.807, 2.05) is 71.5 Å². The second-order valence-electron chi connectivity index (χ2n) is 32.8. The van der Waals surface area contributed by atoms with Gasteiger partial charge in [-0.3, -0.25) is 58.3 Å². The van der Waals surface area contributed by atoms with Crippen LogP contribution in [0.5, 0.6) is 0 Å². The summed E-state index contributed by atoms with van der Waals surface area (Å²) >= 11 is 12.1. The van der Waals surface area contributed by atoms with Crippen LogP contribution in [0.15, 0.2) is 164 Å². The SMILES string of the molecule is Cc1c(C(=O)CN2CCC(O)CC2)c2ccc(F)cc2n1-c1ccc(Cl)cc1.O=C(CN1CCCCC1)c1c(C2CC2)n(-c2ccc(Cl)cc2)c2ccccc12.[C-]#[N+]c1ccc(-n2c(C)c(C(=O)CN3CCCCC3)c3ncc(C(F)(F)CC(N)=O)cc32)cc1.[C-]#[N+]c1ccc(-n2c(C)c(C(=O)CN3CCCCC3)c3ncc(CC(OC)C(N)=O)cc32)cc1. The summed E-state index contributed by atoms with van der Waals surface area (Å²) < 4.78 is 56.5. The van der Waals surface area contributed by atoms with E-state index in [1.54, 1.807) is 72.3 Å². The molecule has 5 fully saturated rings. The number of rotatable bonds is 24. The van der Waals surface area contributed by atoms with Gasteiger partial charge in [-0.25, -0.2) is 22.9 Å². The molecule has 1 aliphatic carbocycles. The van der Waals surface area contributed by atoms with Crippen molar-refractivity contribution >= 4 is 113 Å². The van der Waals surface area contributed by atoms with E-state index in [1.165, 1.54) is 56.7 Å². The normalized spacial score (nSPS) is 15.9. The number of para-hydroxylation sites is 1. The molecule has 4 saturated heterocycles. The first-order chi connectivity index (χ1) is 59.8. The maximum atomic E-state index is 14.7. The van der Waals surface area contributed by atoms with Gasteiger partial charge in [-0.05, 0) is 239 Å². The summed E-state index contributed by atoms with van der Waals surface area (Å²) in [5, 5.41) is 12.9. The number of benzene rings is 6. The molecule has 1 atom stereocenters. The van der Waals surface area contributed by atoms with Crippen LogP contribution in [0.25, 0.3) is 76.3 Å². The van der Waals surface area contributed by atoms with E-state index in [-0.39, 0.29) is 48.0 Å². The highest BCUT2D eigenvalue weighted by molar-refractivity contribution is 6.31. The van der Waals surface area contributed by atoms with E-state index in [0.717, 1.165) is 157 Å². The van der Waals surface area contributed by atoms with Gasteiger partial charge in [0.25, 0.3) is 5.92 Å². The van der Waals surface area contributed by atoms with Gasteiger partial charge in [-0.1, -0.05) is 84.9 Å². The number of ether oxygens (including phenoxy) is 1. The van der Waals surface area contributed by atoms with Crippen molar-refractivity contribution in [3.8, 4) is 22.7 Å². The van der Waals surface area contributed by atoms with Crippen molar-refractivity contribution in [3.63, 3.8) is 0 Å². The molecular formula is C97H101Cl2F3N14O8. The molecule has 4 aliphatic heterocycles. The molecule has 124 heavy (non-hydrogen) atoms. The lowest BCUT2D eigenvalue weighted by atomic mass is 10.0. The monoisotopic (exact) mass is 1720 g/mol. The number of ketones is 4. The molecule has 0 bridgehead atoms. The number of aromatic nitrogens is 6. The number of hydrogen-bond donors (Lipinski definition) is 3. The van der Waals surface area contributed by atoms with Crippen LogP contribution < -0.4 is 11.5 Å². The molecule has 1 saturated carbocycles. The van der Waals surface area contributed by atoms with E-state index in [2.05, 4.69) is 74.2 Å². The molecule has 2 amide bonds. The number of nitrogens with two attached hydrogens (primary N) is 2. The van der Waals surface area contributed by atoms with Gasteiger partial charge in [0.1, 0.15) is 11.9 Å². The number of hydrogen-bond acceptors (Lipinski definition) is 14. The number of alkyl halides is 2. The number of methoxy groups -OCH3 is 1. The second kappa shape index (κ2) is 39.6. The fourth-order valence-corrected chi connectivity index (χ4v) is 18.1. The van der Waals surface area contributed by atoms with Crippen LogP contribution in [0.1, 0.15) is 171 Å². The number of amides is 2. The molecule has 5 N–H and O–H groups in total. The fourth-order valence-electron chi connectivity index (χ4n) is 17.8. The summed E-state index contributed by atoms with van der Waals surface area (Å²) in [5.74, 6) is -4.82. The molecule has 17 rings (SSSR count). The van der Waals surface area contributed by atoms with Crippen LogP contribution in [-0.2, 0) is 26.7 Å². The van der Waals surface area contributed by atoms with Gasteiger partial charge >= 0.3 is 0 Å². The Kier molecular flexibility index (Phi) is 28.3. The first-order valence-electron chi connectivity index (χ1n) is 42.4. The van der Waals surface area contributed by atoms with Crippen molar-refractivity contribution < 1.29 is 51.8 Å². The van der Waals surface area contributed by atoms with Gasteiger partial charge in [0.2, 0.25) is 11.8 Å². The van der Waals surface area contributed by atoms with Crippen LogP contribution in [0.2, 0.25) is 10.0 Å². The molecule has 22 nitrogen and oxygen atoms in total. The fraction of sp³-hybridized carbons (Fsp3) is 0.361. The largest absolute Gasteiger partial charge is 0.393 e. The summed E-state index contributed by atoms with van der Waals surface area (Å²) in [5.41, 5.74) is 24.9. The number of carbonyl (C=O) groups is 6. The number of aliphatic hydroxyl groups excluding tert-OH is 1. The number of piperidine rings is 4. The topological polar surface area (TPSA) is 251 Å². The van der Waals surface area contributed by atoms with E-state index in [0.29, 0.717) is 118 Å². The highest BCUT2D eigenvalue weighted by Crippen LogP contribution is 2.47. The number of nitrogens with zero attached hydrogens (tertiary/aromatic N) is 12. The van der Waals surface area contributed by atoms with Crippen molar-refractivity contribution in [2.75, 3.05) is 85.6 Å². The number of fused-ring (bicyclic) bond motifs is 4. The van der Waals surface area contributed by atoms with Gasteiger partial charge in [0, 0.05) is 128 Å². The minimum Gasteiger partial charge on any atom is -0.393 e. The molecule has 6 aromatic carbocycles. The minimum absolute atomic E-state index is 0.0122. The van der Waals surface area contributed by atoms with Gasteiger partial charge < -0.3 is 39.6 Å². The first kappa shape index (κ1) is 88.8. The van der Waals surface area contributed by atoms with Crippen molar-refractivity contribution in [2.45, 2.75) is 141 Å². The number of halogens is 5. The lowest BCUT2D eigenvalue weighted by Gasteiger charge is -2.28. The number of aliphatic hydroxyl groups is 1. The summed E-state index contributed by atoms with van der Waals surface area (Å²) in [4.78, 5) is 101. The number of pyridine rings is 2. The second-order valence-corrected chi connectivity index (χ2v) is 33.7. The Balaban J connectivity index is 0.000000135. The average Bonchev–Trinajstić information content (AvgIpc) is 1.78. The molecule has 27 heteroatoms. The molecule has 10 heterocycles. The van der Waals surface area contributed by atoms with Crippen LogP contribution >= 0.6 is 23.2 Å². The van der Waals surface area contributed by atoms with Crippen molar-refractivity contribution in [2.24, 2.45) is 11.5 Å². The Bertz CT molecular complexity index is 6040. The third-order valence-electron chi connectivity index (χ3n) is 24.2. The Labute approximate surface area is 728 Å². The summed E-state index contributed by atoms with van der Waals surface area (Å²) in [6.45, 7) is 28.5. The molecule has 12 aromatic rings. The third-order valence-corrected chi connectivity index (χ3v) is 24.7.